The predicted octanol–water partition coefficient (Wildman–Crippen LogP) is 1.67. The Hall–Kier alpha value is -2.02. The van der Waals surface area contributed by atoms with Gasteiger partial charge in [0.15, 0.2) is 0 Å². The molecule has 7 heteroatoms. The molecule has 1 fully saturated rings. The van der Waals surface area contributed by atoms with E-state index in [1.54, 1.807) is 13.8 Å². The zero-order chi connectivity index (χ0) is 16.0. The number of halogens is 2. The molecule has 0 bridgehead atoms. The molecule has 0 aromatic heterocycles. The summed E-state index contributed by atoms with van der Waals surface area (Å²) in [6.07, 6.45) is 0. The van der Waals surface area contributed by atoms with Crippen molar-refractivity contribution in [3.63, 3.8) is 0 Å². The van der Waals surface area contributed by atoms with Crippen LogP contribution in [0.5, 0.6) is 0 Å². The maximum Gasteiger partial charge on any atom is 0.323 e. The second kappa shape index (κ2) is 7.12. The van der Waals surface area contributed by atoms with E-state index in [1.807, 2.05) is 0 Å². The van der Waals surface area contributed by atoms with E-state index in [0.717, 1.165) is 6.07 Å². The fraction of sp³-hybridized carbons (Fsp3) is 0.429. The van der Waals surface area contributed by atoms with Crippen LogP contribution in [0.1, 0.15) is 13.8 Å². The average Bonchev–Trinajstić information content (AvgIpc) is 2.35. The number of carbonyl (C=O) groups is 2. The molecule has 21 heavy (non-hydrogen) atoms. The number of benzene rings is 1. The lowest BCUT2D eigenvalue weighted by Gasteiger charge is -2.36. The molecule has 0 atom stereocenters. The molecule has 1 N–H and O–H groups in total. The molecule has 0 saturated carbocycles. The Kier molecular flexibility index (Phi) is 5.78. The number of carboxylic acid groups (broad SMARTS) is 1. The van der Waals surface area contributed by atoms with Crippen molar-refractivity contribution >= 4 is 11.9 Å². The molecule has 0 spiro atoms. The van der Waals surface area contributed by atoms with Crippen LogP contribution in [0.15, 0.2) is 24.3 Å². The lowest BCUT2D eigenvalue weighted by atomic mass is 10.1. The fourth-order valence-corrected chi connectivity index (χ4v) is 1.73. The van der Waals surface area contributed by atoms with Gasteiger partial charge in [0.1, 0.15) is 23.8 Å². The largest absolute Gasteiger partial charge is 0.480 e. The van der Waals surface area contributed by atoms with E-state index in [0.29, 0.717) is 13.2 Å². The van der Waals surface area contributed by atoms with Crippen LogP contribution in [0.4, 0.5) is 8.78 Å². The summed E-state index contributed by atoms with van der Waals surface area (Å²) in [6, 6.07) is 4.55. The van der Waals surface area contributed by atoms with Crippen LogP contribution in [0.2, 0.25) is 0 Å². The number of carbonyl (C=O) groups excluding carboxylic acids is 1. The van der Waals surface area contributed by atoms with Crippen molar-refractivity contribution in [2.24, 2.45) is 0 Å². The zero-order valence-electron chi connectivity index (χ0n) is 11.8. The smallest absolute Gasteiger partial charge is 0.323 e. The van der Waals surface area contributed by atoms with E-state index in [-0.39, 0.29) is 12.5 Å². The molecule has 1 heterocycles. The highest BCUT2D eigenvalue weighted by Gasteiger charge is 2.37. The number of amides is 1. The van der Waals surface area contributed by atoms with E-state index in [9.17, 15) is 18.4 Å². The van der Waals surface area contributed by atoms with Crippen LogP contribution < -0.4 is 0 Å². The Morgan fingerprint density at radius 1 is 1.38 bits per heavy atom. The maximum atomic E-state index is 11.9. The molecule has 0 aliphatic carbocycles. The van der Waals surface area contributed by atoms with E-state index in [4.69, 9.17) is 9.84 Å². The van der Waals surface area contributed by atoms with Gasteiger partial charge in [-0.15, -0.1) is 0 Å². The summed E-state index contributed by atoms with van der Waals surface area (Å²) in [4.78, 5) is 23.2. The molecule has 1 amide bonds. The molecule has 0 radical (unpaired) electrons. The number of ether oxygens (including phenoxy) is 1. The average molecular weight is 301 g/mol. The molecule has 2 rings (SSSR count). The highest BCUT2D eigenvalue weighted by atomic mass is 19.1. The van der Waals surface area contributed by atoms with Gasteiger partial charge in [0.2, 0.25) is 0 Å². The number of rotatable bonds is 2. The number of nitrogens with zero attached hydrogens (tertiary/aromatic N) is 1. The highest BCUT2D eigenvalue weighted by Crippen LogP contribution is 2.17. The Labute approximate surface area is 121 Å². The first-order valence-corrected chi connectivity index (χ1v) is 6.28. The molecule has 5 nitrogen and oxygen atoms in total. The summed E-state index contributed by atoms with van der Waals surface area (Å²) < 4.78 is 29.1. The van der Waals surface area contributed by atoms with Crippen molar-refractivity contribution in [1.29, 1.82) is 0 Å². The van der Waals surface area contributed by atoms with Crippen molar-refractivity contribution < 1.29 is 28.2 Å². The first-order valence-electron chi connectivity index (χ1n) is 6.28. The van der Waals surface area contributed by atoms with Crippen molar-refractivity contribution in [1.82, 2.24) is 4.90 Å². The van der Waals surface area contributed by atoms with Gasteiger partial charge < -0.3 is 14.7 Å². The quantitative estimate of drug-likeness (QED) is 0.902. The molecule has 1 saturated heterocycles. The first-order chi connectivity index (χ1) is 9.72. The van der Waals surface area contributed by atoms with Crippen molar-refractivity contribution in [3.8, 4) is 0 Å². The Morgan fingerprint density at radius 2 is 1.95 bits per heavy atom. The van der Waals surface area contributed by atoms with Gasteiger partial charge in [0.05, 0.1) is 6.61 Å². The van der Waals surface area contributed by atoms with Crippen LogP contribution in [0.3, 0.4) is 0 Å². The molecule has 1 aromatic carbocycles. The monoisotopic (exact) mass is 301 g/mol. The topological polar surface area (TPSA) is 66.8 Å². The minimum Gasteiger partial charge on any atom is -0.480 e. The lowest BCUT2D eigenvalue weighted by Crippen LogP contribution is -2.54. The van der Waals surface area contributed by atoms with Gasteiger partial charge in [0, 0.05) is 12.6 Å². The van der Waals surface area contributed by atoms with Crippen LogP contribution in [0, 0.1) is 11.6 Å². The third-order valence-corrected chi connectivity index (χ3v) is 2.74. The Morgan fingerprint density at radius 3 is 2.38 bits per heavy atom. The van der Waals surface area contributed by atoms with Crippen LogP contribution >= 0.6 is 0 Å². The van der Waals surface area contributed by atoms with Crippen molar-refractivity contribution in [2.75, 3.05) is 19.7 Å². The summed E-state index contributed by atoms with van der Waals surface area (Å²) in [6.45, 7) is 3.79. The summed E-state index contributed by atoms with van der Waals surface area (Å²) >= 11 is 0. The molecule has 116 valence electrons. The maximum absolute atomic E-state index is 11.9. The lowest BCUT2D eigenvalue weighted by molar-refractivity contribution is -0.169. The highest BCUT2D eigenvalue weighted by molar-refractivity contribution is 5.87. The normalized spacial score (nSPS) is 17.0. The SMILES string of the molecule is CC1(C)OCCN(CC(=O)O)C1=O.Fc1cccc(F)c1. The molecule has 0 unspecified atom stereocenters. The van der Waals surface area contributed by atoms with Crippen LogP contribution in [-0.4, -0.2) is 47.2 Å². The summed E-state index contributed by atoms with van der Waals surface area (Å²) in [5.41, 5.74) is -0.881. The van der Waals surface area contributed by atoms with Crippen LogP contribution in [-0.2, 0) is 14.3 Å². The van der Waals surface area contributed by atoms with Crippen molar-refractivity contribution in [2.45, 2.75) is 19.4 Å². The van der Waals surface area contributed by atoms with Gasteiger partial charge in [-0.3, -0.25) is 9.59 Å². The number of morpholine rings is 1. The second-order valence-corrected chi connectivity index (χ2v) is 4.92. The van der Waals surface area contributed by atoms with Gasteiger partial charge >= 0.3 is 5.97 Å². The van der Waals surface area contributed by atoms with E-state index >= 15 is 0 Å². The Balaban J connectivity index is 0.000000235. The third kappa shape index (κ3) is 5.47. The van der Waals surface area contributed by atoms with Gasteiger partial charge in [-0.25, -0.2) is 8.78 Å². The zero-order valence-corrected chi connectivity index (χ0v) is 11.8. The molecular weight excluding hydrogens is 284 g/mol. The Bertz CT molecular complexity index is 502. The fourth-order valence-electron chi connectivity index (χ4n) is 1.73. The van der Waals surface area contributed by atoms with E-state index < -0.39 is 23.2 Å². The minimum absolute atomic E-state index is 0.244. The third-order valence-electron chi connectivity index (χ3n) is 2.74. The van der Waals surface area contributed by atoms with Gasteiger partial charge in [-0.2, -0.15) is 0 Å². The van der Waals surface area contributed by atoms with E-state index in [1.165, 1.54) is 23.1 Å². The first kappa shape index (κ1) is 17.0. The predicted molar refractivity (Wildman–Crippen MR) is 70.6 cm³/mol. The number of hydrogen-bond donors (Lipinski definition) is 1. The molecule has 1 aromatic rings. The molecule has 1 aliphatic heterocycles. The van der Waals surface area contributed by atoms with Gasteiger partial charge in [0.25, 0.3) is 5.91 Å². The molecule has 1 aliphatic rings. The standard InChI is InChI=1S/C8H13NO4.C6H4F2/c1-8(2)7(12)9(3-4-13-8)5-6(10)11;7-5-2-1-3-6(8)4-5/h3-5H2,1-2H3,(H,10,11);1-4H. The summed E-state index contributed by atoms with van der Waals surface area (Å²) in [5.74, 6) is -2.33. The molecular formula is C14H17F2NO4. The van der Waals surface area contributed by atoms with Crippen molar-refractivity contribution in [3.05, 3.63) is 35.9 Å². The van der Waals surface area contributed by atoms with E-state index in [2.05, 4.69) is 0 Å². The van der Waals surface area contributed by atoms with Gasteiger partial charge in [-0.05, 0) is 26.0 Å². The second-order valence-electron chi connectivity index (χ2n) is 4.92. The minimum atomic E-state index is -0.994. The van der Waals surface area contributed by atoms with Gasteiger partial charge in [-0.1, -0.05) is 6.07 Å². The van der Waals surface area contributed by atoms with Crippen LogP contribution in [0.25, 0.3) is 0 Å². The summed E-state index contributed by atoms with van der Waals surface area (Å²) in [7, 11) is 0. The number of hydrogen-bond acceptors (Lipinski definition) is 3. The number of carboxylic acids is 1. The summed E-state index contributed by atoms with van der Waals surface area (Å²) in [5, 5.41) is 8.52. The number of aliphatic carboxylic acids is 1.